The van der Waals surface area contributed by atoms with Crippen molar-refractivity contribution >= 4 is 11.6 Å². The molecule has 2 aliphatic carbocycles. The van der Waals surface area contributed by atoms with Crippen molar-refractivity contribution in [2.45, 2.75) is 44.1 Å². The van der Waals surface area contributed by atoms with Crippen molar-refractivity contribution in [1.29, 1.82) is 5.26 Å². The molecule has 1 amide bonds. The van der Waals surface area contributed by atoms with Gasteiger partial charge in [0.2, 0.25) is 0 Å². The number of nitrogens with zero attached hydrogens (tertiary/aromatic N) is 3. The molecule has 2 fully saturated rings. The van der Waals surface area contributed by atoms with Gasteiger partial charge >= 0.3 is 0 Å². The van der Waals surface area contributed by atoms with E-state index in [0.717, 1.165) is 31.4 Å². The van der Waals surface area contributed by atoms with Crippen molar-refractivity contribution in [2.75, 3.05) is 12.3 Å². The Kier molecular flexibility index (Phi) is 2.90. The van der Waals surface area contributed by atoms with Crippen LogP contribution in [-0.2, 0) is 0 Å². The Morgan fingerprint density at radius 3 is 2.79 bits per heavy atom. The van der Waals surface area contributed by atoms with E-state index in [-0.39, 0.29) is 11.9 Å². The van der Waals surface area contributed by atoms with Crippen LogP contribution in [0.25, 0.3) is 0 Å². The van der Waals surface area contributed by atoms with Crippen LogP contribution in [0.3, 0.4) is 0 Å². The predicted octanol–water partition coefficient (Wildman–Crippen LogP) is 1.39. The first-order valence-electron chi connectivity index (χ1n) is 6.74. The van der Waals surface area contributed by atoms with Gasteiger partial charge in [0.15, 0.2) is 5.69 Å². The molecule has 100 valence electrons. The molecular formula is C13H17N5O. The van der Waals surface area contributed by atoms with Crippen LogP contribution in [0.15, 0.2) is 0 Å². The lowest BCUT2D eigenvalue weighted by Gasteiger charge is -2.20. The van der Waals surface area contributed by atoms with Crippen molar-refractivity contribution < 1.29 is 4.79 Å². The van der Waals surface area contributed by atoms with Crippen LogP contribution < -0.4 is 5.73 Å². The number of aromatic nitrogens is 2. The number of rotatable bonds is 5. The maximum atomic E-state index is 12.5. The van der Waals surface area contributed by atoms with Crippen LogP contribution in [0.5, 0.6) is 0 Å². The molecule has 1 aromatic heterocycles. The van der Waals surface area contributed by atoms with Gasteiger partial charge in [0, 0.05) is 18.5 Å². The normalized spacial score (nSPS) is 18.1. The topological polar surface area (TPSA) is 98.8 Å². The van der Waals surface area contributed by atoms with Crippen LogP contribution >= 0.6 is 0 Å². The third kappa shape index (κ3) is 2.28. The number of nitriles is 1. The minimum absolute atomic E-state index is 0.140. The van der Waals surface area contributed by atoms with Gasteiger partial charge in [-0.25, -0.2) is 0 Å². The maximum absolute atomic E-state index is 12.5. The minimum atomic E-state index is -0.140. The first kappa shape index (κ1) is 12.0. The number of nitrogen functional groups attached to an aromatic ring is 1. The van der Waals surface area contributed by atoms with E-state index in [1.165, 1.54) is 0 Å². The molecule has 0 bridgehead atoms. The van der Waals surface area contributed by atoms with Crippen molar-refractivity contribution in [3.05, 3.63) is 11.4 Å². The highest BCUT2D eigenvalue weighted by Crippen LogP contribution is 2.42. The lowest BCUT2D eigenvalue weighted by atomic mass is 10.2. The Labute approximate surface area is 111 Å². The van der Waals surface area contributed by atoms with Crippen LogP contribution in [0.2, 0.25) is 0 Å². The summed E-state index contributed by atoms with van der Waals surface area (Å²) in [6.45, 7) is 0.463. The first-order valence-corrected chi connectivity index (χ1v) is 6.74. The average molecular weight is 259 g/mol. The van der Waals surface area contributed by atoms with E-state index in [9.17, 15) is 4.79 Å². The van der Waals surface area contributed by atoms with Crippen molar-refractivity contribution in [3.63, 3.8) is 0 Å². The largest absolute Gasteiger partial charge is 0.395 e. The van der Waals surface area contributed by atoms with E-state index >= 15 is 0 Å². The fourth-order valence-electron chi connectivity index (χ4n) is 2.35. The van der Waals surface area contributed by atoms with E-state index in [1.54, 1.807) is 4.90 Å². The summed E-state index contributed by atoms with van der Waals surface area (Å²) in [6, 6.07) is 2.35. The number of hydrogen-bond donors (Lipinski definition) is 2. The third-order valence-electron chi connectivity index (χ3n) is 3.73. The van der Waals surface area contributed by atoms with E-state index in [0.29, 0.717) is 30.3 Å². The SMILES string of the molecule is N#CCCN(C(=O)c1n[nH]c(C2CC2)c1N)C1CC1. The van der Waals surface area contributed by atoms with Crippen LogP contribution in [0.1, 0.15) is 54.2 Å². The van der Waals surface area contributed by atoms with E-state index in [1.807, 2.05) is 0 Å². The van der Waals surface area contributed by atoms with Gasteiger partial charge in [-0.15, -0.1) is 0 Å². The van der Waals surface area contributed by atoms with Crippen molar-refractivity contribution in [3.8, 4) is 6.07 Å². The molecule has 1 heterocycles. The molecule has 2 saturated carbocycles. The Hall–Kier alpha value is -2.03. The molecule has 0 spiro atoms. The smallest absolute Gasteiger partial charge is 0.276 e. The second kappa shape index (κ2) is 4.57. The standard InChI is InChI=1S/C13H17N5O/c14-6-1-7-18(9-4-5-9)13(19)12-10(15)11(16-17-12)8-2-3-8/h8-9H,1-5,7,15H2,(H,16,17). The number of nitrogens with two attached hydrogens (primary N) is 1. The van der Waals surface area contributed by atoms with Gasteiger partial charge in [-0.1, -0.05) is 0 Å². The van der Waals surface area contributed by atoms with Gasteiger partial charge < -0.3 is 10.6 Å². The highest BCUT2D eigenvalue weighted by molar-refractivity contribution is 5.98. The summed E-state index contributed by atoms with van der Waals surface area (Å²) >= 11 is 0. The Morgan fingerprint density at radius 1 is 1.47 bits per heavy atom. The first-order chi connectivity index (χ1) is 9.22. The summed E-state index contributed by atoms with van der Waals surface area (Å²) < 4.78 is 0. The zero-order valence-electron chi connectivity index (χ0n) is 10.7. The summed E-state index contributed by atoms with van der Waals surface area (Å²) in [5.41, 5.74) is 7.75. The highest BCUT2D eigenvalue weighted by atomic mass is 16.2. The molecule has 0 aromatic carbocycles. The van der Waals surface area contributed by atoms with Gasteiger partial charge in [-0.05, 0) is 25.7 Å². The molecule has 1 aromatic rings. The summed E-state index contributed by atoms with van der Waals surface area (Å²) in [5, 5.41) is 15.7. The van der Waals surface area contributed by atoms with Gasteiger partial charge in [-0.2, -0.15) is 10.4 Å². The van der Waals surface area contributed by atoms with Gasteiger partial charge in [0.05, 0.1) is 23.9 Å². The second-order valence-corrected chi connectivity index (χ2v) is 5.31. The fourth-order valence-corrected chi connectivity index (χ4v) is 2.35. The highest BCUT2D eigenvalue weighted by Gasteiger charge is 2.36. The van der Waals surface area contributed by atoms with Crippen molar-refractivity contribution in [2.24, 2.45) is 0 Å². The molecule has 3 rings (SSSR count). The number of aromatic amines is 1. The predicted molar refractivity (Wildman–Crippen MR) is 69.3 cm³/mol. The molecule has 6 heteroatoms. The number of hydrogen-bond acceptors (Lipinski definition) is 4. The van der Waals surface area contributed by atoms with Gasteiger partial charge in [0.25, 0.3) is 5.91 Å². The number of carbonyl (C=O) groups excluding carboxylic acids is 1. The number of nitrogens with one attached hydrogen (secondary N) is 1. The van der Waals surface area contributed by atoms with E-state index in [2.05, 4.69) is 16.3 Å². The van der Waals surface area contributed by atoms with Gasteiger partial charge in [-0.3, -0.25) is 9.89 Å². The fraction of sp³-hybridized carbons (Fsp3) is 0.615. The monoisotopic (exact) mass is 259 g/mol. The Balaban J connectivity index is 1.79. The van der Waals surface area contributed by atoms with Crippen LogP contribution in [0, 0.1) is 11.3 Å². The van der Waals surface area contributed by atoms with Crippen molar-refractivity contribution in [1.82, 2.24) is 15.1 Å². The van der Waals surface area contributed by atoms with Crippen LogP contribution in [-0.4, -0.2) is 33.6 Å². The molecule has 0 aliphatic heterocycles. The average Bonchev–Trinajstić information content (AvgIpc) is 3.29. The number of amides is 1. The number of carbonyl (C=O) groups is 1. The number of anilines is 1. The summed E-state index contributed by atoms with van der Waals surface area (Å²) in [6.07, 6.45) is 4.59. The Bertz CT molecular complexity index is 536. The lowest BCUT2D eigenvalue weighted by molar-refractivity contribution is 0.0742. The Morgan fingerprint density at radius 2 is 2.21 bits per heavy atom. The molecule has 6 nitrogen and oxygen atoms in total. The summed E-state index contributed by atoms with van der Waals surface area (Å²) in [4.78, 5) is 14.2. The molecule has 0 saturated heterocycles. The number of H-pyrrole nitrogens is 1. The second-order valence-electron chi connectivity index (χ2n) is 5.31. The molecule has 2 aliphatic rings. The lowest BCUT2D eigenvalue weighted by Crippen LogP contribution is -2.34. The van der Waals surface area contributed by atoms with E-state index in [4.69, 9.17) is 11.0 Å². The maximum Gasteiger partial charge on any atom is 0.276 e. The molecule has 0 radical (unpaired) electrons. The molecule has 19 heavy (non-hydrogen) atoms. The summed E-state index contributed by atoms with van der Waals surface area (Å²) in [7, 11) is 0. The quantitative estimate of drug-likeness (QED) is 0.834. The zero-order valence-corrected chi connectivity index (χ0v) is 10.7. The summed E-state index contributed by atoms with van der Waals surface area (Å²) in [5.74, 6) is 0.306. The molecule has 3 N–H and O–H groups in total. The van der Waals surface area contributed by atoms with Crippen LogP contribution in [0.4, 0.5) is 5.69 Å². The molecule has 0 unspecified atom stereocenters. The van der Waals surface area contributed by atoms with Gasteiger partial charge in [0.1, 0.15) is 0 Å². The minimum Gasteiger partial charge on any atom is -0.395 e. The molecule has 0 atom stereocenters. The molecular weight excluding hydrogens is 242 g/mol. The zero-order chi connectivity index (χ0) is 13.4. The van der Waals surface area contributed by atoms with E-state index < -0.39 is 0 Å². The third-order valence-corrected chi connectivity index (χ3v) is 3.73.